The van der Waals surface area contributed by atoms with E-state index < -0.39 is 0 Å². The summed E-state index contributed by atoms with van der Waals surface area (Å²) in [6, 6.07) is 11.6. The number of rotatable bonds is 2. The van der Waals surface area contributed by atoms with E-state index in [0.29, 0.717) is 11.5 Å². The lowest BCUT2D eigenvalue weighted by molar-refractivity contribution is 0.0964. The average Bonchev–Trinajstić information content (AvgIpc) is 3.02. The molecule has 3 aromatic rings. The summed E-state index contributed by atoms with van der Waals surface area (Å²) in [4.78, 5) is 17.6. The van der Waals surface area contributed by atoms with Crippen molar-refractivity contribution in [3.63, 3.8) is 0 Å². The van der Waals surface area contributed by atoms with Gasteiger partial charge in [-0.3, -0.25) is 14.3 Å². The number of hydrogen-bond acceptors (Lipinski definition) is 3. The summed E-state index contributed by atoms with van der Waals surface area (Å²) < 4.78 is 1.77. The number of nitrogens with one attached hydrogen (secondary N) is 1. The van der Waals surface area contributed by atoms with Crippen molar-refractivity contribution in [2.24, 2.45) is 0 Å². The number of piperidine rings is 1. The van der Waals surface area contributed by atoms with Crippen molar-refractivity contribution in [3.8, 4) is 0 Å². The first-order valence-electron chi connectivity index (χ1n) is 8.52. The summed E-state index contributed by atoms with van der Waals surface area (Å²) in [7, 11) is 0. The van der Waals surface area contributed by atoms with Gasteiger partial charge in [0.15, 0.2) is 0 Å². The molecule has 24 heavy (non-hydrogen) atoms. The Morgan fingerprint density at radius 3 is 2.67 bits per heavy atom. The van der Waals surface area contributed by atoms with Crippen LogP contribution in [0, 0.1) is 6.92 Å². The van der Waals surface area contributed by atoms with Crippen LogP contribution in [0.2, 0.25) is 0 Å². The predicted octanol–water partition coefficient (Wildman–Crippen LogP) is 3.50. The molecule has 1 aliphatic rings. The maximum atomic E-state index is 13.0. The molecule has 3 heterocycles. The van der Waals surface area contributed by atoms with Crippen molar-refractivity contribution >= 4 is 16.9 Å². The summed E-state index contributed by atoms with van der Waals surface area (Å²) in [5, 5.41) is 3.40. The lowest BCUT2D eigenvalue weighted by Crippen LogP contribution is -2.26. The van der Waals surface area contributed by atoms with Crippen LogP contribution in [0.3, 0.4) is 0 Å². The van der Waals surface area contributed by atoms with Gasteiger partial charge in [-0.1, -0.05) is 17.7 Å². The van der Waals surface area contributed by atoms with E-state index in [9.17, 15) is 4.79 Å². The van der Waals surface area contributed by atoms with Gasteiger partial charge in [-0.15, -0.1) is 0 Å². The Hall–Kier alpha value is -2.46. The lowest BCUT2D eigenvalue weighted by atomic mass is 9.91. The molecule has 1 aliphatic heterocycles. The molecule has 0 spiro atoms. The number of aromatic nitrogens is 2. The number of carbonyl (C=O) groups excluding carboxylic acids is 1. The molecular weight excluding hydrogens is 298 g/mol. The van der Waals surface area contributed by atoms with Crippen molar-refractivity contribution < 1.29 is 4.79 Å². The van der Waals surface area contributed by atoms with E-state index in [4.69, 9.17) is 0 Å². The van der Waals surface area contributed by atoms with Gasteiger partial charge in [-0.25, -0.2) is 0 Å². The highest BCUT2D eigenvalue weighted by Crippen LogP contribution is 2.32. The van der Waals surface area contributed by atoms with Crippen LogP contribution in [0.15, 0.2) is 48.8 Å². The number of nitrogens with zero attached hydrogens (tertiary/aromatic N) is 2. The summed E-state index contributed by atoms with van der Waals surface area (Å²) in [6.07, 6.45) is 6.01. The van der Waals surface area contributed by atoms with Crippen molar-refractivity contribution in [1.29, 1.82) is 0 Å². The second-order valence-corrected chi connectivity index (χ2v) is 6.52. The number of hydrogen-bond donors (Lipinski definition) is 1. The fourth-order valence-electron chi connectivity index (χ4n) is 3.52. The highest BCUT2D eigenvalue weighted by molar-refractivity contribution is 6.02. The number of carbonyl (C=O) groups is 1. The zero-order valence-corrected chi connectivity index (χ0v) is 13.8. The largest absolute Gasteiger partial charge is 0.317 e. The zero-order valence-electron chi connectivity index (χ0n) is 13.8. The van der Waals surface area contributed by atoms with Crippen LogP contribution in [0.4, 0.5) is 0 Å². The van der Waals surface area contributed by atoms with Crippen LogP contribution in [0.1, 0.15) is 40.2 Å². The SMILES string of the molecule is Cc1ccc(C(=O)n2cc(C3CCNCC3)c3ncccc32)cc1. The van der Waals surface area contributed by atoms with E-state index >= 15 is 0 Å². The van der Waals surface area contributed by atoms with Crippen LogP contribution in [-0.2, 0) is 0 Å². The third-order valence-corrected chi connectivity index (χ3v) is 4.88. The topological polar surface area (TPSA) is 46.9 Å². The molecular formula is C20H21N3O. The first-order chi connectivity index (χ1) is 11.7. The van der Waals surface area contributed by atoms with Crippen LogP contribution >= 0.6 is 0 Å². The number of pyridine rings is 1. The summed E-state index contributed by atoms with van der Waals surface area (Å²) in [5.41, 5.74) is 4.92. The molecule has 0 unspecified atom stereocenters. The Labute approximate surface area is 141 Å². The molecule has 0 radical (unpaired) electrons. The van der Waals surface area contributed by atoms with Crippen molar-refractivity contribution in [2.75, 3.05) is 13.1 Å². The maximum Gasteiger partial charge on any atom is 0.262 e. The van der Waals surface area contributed by atoms with Gasteiger partial charge < -0.3 is 5.32 Å². The van der Waals surface area contributed by atoms with Crippen molar-refractivity contribution in [2.45, 2.75) is 25.7 Å². The molecule has 122 valence electrons. The fourth-order valence-corrected chi connectivity index (χ4v) is 3.52. The minimum Gasteiger partial charge on any atom is -0.317 e. The standard InChI is InChI=1S/C20H21N3O/c1-14-4-6-16(7-5-14)20(24)23-13-17(15-8-11-21-12-9-15)19-18(23)3-2-10-22-19/h2-7,10,13,15,21H,8-9,11-12H2,1H3. The Bertz CT molecular complexity index is 874. The van der Waals surface area contributed by atoms with Gasteiger partial charge in [0, 0.05) is 18.0 Å². The molecule has 0 amide bonds. The maximum absolute atomic E-state index is 13.0. The van der Waals surface area contributed by atoms with Crippen molar-refractivity contribution in [1.82, 2.24) is 14.9 Å². The van der Waals surface area contributed by atoms with E-state index in [0.717, 1.165) is 42.5 Å². The summed E-state index contributed by atoms with van der Waals surface area (Å²) in [6.45, 7) is 4.07. The molecule has 1 saturated heterocycles. The molecule has 4 heteroatoms. The molecule has 1 aromatic carbocycles. The van der Waals surface area contributed by atoms with Crippen LogP contribution in [-0.4, -0.2) is 28.5 Å². The van der Waals surface area contributed by atoms with Gasteiger partial charge in [-0.05, 0) is 68.6 Å². The first-order valence-corrected chi connectivity index (χ1v) is 8.52. The Kier molecular flexibility index (Phi) is 3.90. The normalized spacial score (nSPS) is 15.7. The highest BCUT2D eigenvalue weighted by atomic mass is 16.2. The van der Waals surface area contributed by atoms with E-state index in [1.807, 2.05) is 55.7 Å². The zero-order chi connectivity index (χ0) is 16.5. The summed E-state index contributed by atoms with van der Waals surface area (Å²) >= 11 is 0. The molecule has 0 bridgehead atoms. The first kappa shape index (κ1) is 15.1. The predicted molar refractivity (Wildman–Crippen MR) is 95.5 cm³/mol. The number of fused-ring (bicyclic) bond motifs is 1. The molecule has 2 aromatic heterocycles. The molecule has 1 N–H and O–H groups in total. The van der Waals surface area contributed by atoms with Gasteiger partial charge in [-0.2, -0.15) is 0 Å². The molecule has 0 atom stereocenters. The molecule has 0 saturated carbocycles. The Morgan fingerprint density at radius 2 is 1.92 bits per heavy atom. The van der Waals surface area contributed by atoms with Gasteiger partial charge >= 0.3 is 0 Å². The lowest BCUT2D eigenvalue weighted by Gasteiger charge is -2.21. The number of aryl methyl sites for hydroxylation is 1. The fraction of sp³-hybridized carbons (Fsp3) is 0.300. The quantitative estimate of drug-likeness (QED) is 0.786. The monoisotopic (exact) mass is 319 g/mol. The second kappa shape index (κ2) is 6.21. The van der Waals surface area contributed by atoms with Crippen LogP contribution in [0.5, 0.6) is 0 Å². The molecule has 4 nitrogen and oxygen atoms in total. The van der Waals surface area contributed by atoms with Gasteiger partial charge in [0.2, 0.25) is 0 Å². The smallest absolute Gasteiger partial charge is 0.262 e. The highest BCUT2D eigenvalue weighted by Gasteiger charge is 2.23. The van der Waals surface area contributed by atoms with Gasteiger partial charge in [0.05, 0.1) is 11.0 Å². The van der Waals surface area contributed by atoms with E-state index in [1.165, 1.54) is 5.56 Å². The van der Waals surface area contributed by atoms with E-state index in [-0.39, 0.29) is 5.91 Å². The second-order valence-electron chi connectivity index (χ2n) is 6.52. The average molecular weight is 319 g/mol. The Balaban J connectivity index is 1.80. The van der Waals surface area contributed by atoms with Crippen LogP contribution < -0.4 is 5.32 Å². The minimum absolute atomic E-state index is 0.00758. The third-order valence-electron chi connectivity index (χ3n) is 4.88. The molecule has 1 fully saturated rings. The molecule has 0 aliphatic carbocycles. The van der Waals surface area contributed by atoms with Crippen molar-refractivity contribution in [3.05, 3.63) is 65.5 Å². The summed E-state index contributed by atoms with van der Waals surface area (Å²) in [5.74, 6) is 0.476. The van der Waals surface area contributed by atoms with Gasteiger partial charge in [0.1, 0.15) is 0 Å². The minimum atomic E-state index is 0.00758. The third kappa shape index (κ3) is 2.63. The van der Waals surface area contributed by atoms with Crippen LogP contribution in [0.25, 0.3) is 11.0 Å². The van der Waals surface area contributed by atoms with E-state index in [2.05, 4.69) is 10.3 Å². The molecule has 4 rings (SSSR count). The number of benzene rings is 1. The Morgan fingerprint density at radius 1 is 1.17 bits per heavy atom. The van der Waals surface area contributed by atoms with Gasteiger partial charge in [0.25, 0.3) is 5.91 Å². The van der Waals surface area contributed by atoms with E-state index in [1.54, 1.807) is 4.57 Å².